The van der Waals surface area contributed by atoms with Gasteiger partial charge in [0, 0.05) is 9.75 Å². The van der Waals surface area contributed by atoms with Crippen molar-refractivity contribution in [1.29, 1.82) is 0 Å². The van der Waals surface area contributed by atoms with Crippen molar-refractivity contribution in [2.45, 2.75) is 13.5 Å². The van der Waals surface area contributed by atoms with Crippen LogP contribution in [0.3, 0.4) is 0 Å². The summed E-state index contributed by atoms with van der Waals surface area (Å²) < 4.78 is 1.95. The van der Waals surface area contributed by atoms with Crippen molar-refractivity contribution in [1.82, 2.24) is 15.0 Å². The lowest BCUT2D eigenvalue weighted by Crippen LogP contribution is -1.99. The van der Waals surface area contributed by atoms with Gasteiger partial charge >= 0.3 is 0 Å². The van der Waals surface area contributed by atoms with Crippen LogP contribution >= 0.6 is 11.3 Å². The Balaban J connectivity index is 2.00. The van der Waals surface area contributed by atoms with Crippen LogP contribution in [0.1, 0.15) is 9.75 Å². The number of hydrogen-bond acceptors (Lipinski definition) is 3. The number of aryl methyl sites for hydroxylation is 1. The van der Waals surface area contributed by atoms with Gasteiger partial charge < -0.3 is 0 Å². The van der Waals surface area contributed by atoms with Crippen molar-refractivity contribution in [3.63, 3.8) is 0 Å². The highest BCUT2D eigenvalue weighted by atomic mass is 32.1. The van der Waals surface area contributed by atoms with E-state index in [0.717, 1.165) is 17.6 Å². The van der Waals surface area contributed by atoms with Crippen molar-refractivity contribution in [3.05, 3.63) is 46.2 Å². The standard InChI is InChI=1S/C12H11N3S/c1-9-6-7-10(16-9)8-15-12-5-3-2-4-11(12)13-14-15/h2-7H,8H2,1H3. The van der Waals surface area contributed by atoms with Gasteiger partial charge in [-0.25, -0.2) is 4.68 Å². The van der Waals surface area contributed by atoms with E-state index in [0.29, 0.717) is 0 Å². The first-order chi connectivity index (χ1) is 7.83. The molecular formula is C12H11N3S. The molecule has 0 aliphatic carbocycles. The fourth-order valence-electron chi connectivity index (χ4n) is 1.75. The fraction of sp³-hybridized carbons (Fsp3) is 0.167. The Hall–Kier alpha value is -1.68. The smallest absolute Gasteiger partial charge is 0.113 e. The monoisotopic (exact) mass is 229 g/mol. The molecule has 2 aromatic heterocycles. The van der Waals surface area contributed by atoms with Crippen LogP contribution in [0.2, 0.25) is 0 Å². The molecule has 3 aromatic rings. The molecule has 2 heterocycles. The molecule has 0 N–H and O–H groups in total. The average molecular weight is 229 g/mol. The molecule has 0 bridgehead atoms. The van der Waals surface area contributed by atoms with E-state index in [1.807, 2.05) is 22.9 Å². The van der Waals surface area contributed by atoms with Crippen LogP contribution in [0.15, 0.2) is 36.4 Å². The molecule has 0 amide bonds. The Kier molecular flexibility index (Phi) is 2.22. The maximum atomic E-state index is 4.17. The molecule has 0 aliphatic rings. The maximum absolute atomic E-state index is 4.17. The van der Waals surface area contributed by atoms with E-state index in [1.165, 1.54) is 9.75 Å². The molecule has 0 spiro atoms. The van der Waals surface area contributed by atoms with Gasteiger partial charge in [0.25, 0.3) is 0 Å². The molecule has 3 rings (SSSR count). The molecule has 0 unspecified atom stereocenters. The summed E-state index contributed by atoms with van der Waals surface area (Å²) in [6.07, 6.45) is 0. The van der Waals surface area contributed by atoms with Gasteiger partial charge in [0.05, 0.1) is 12.1 Å². The van der Waals surface area contributed by atoms with Crippen LogP contribution in [-0.4, -0.2) is 15.0 Å². The first-order valence-corrected chi connectivity index (χ1v) is 5.98. The first kappa shape index (κ1) is 9.54. The quantitative estimate of drug-likeness (QED) is 0.676. The van der Waals surface area contributed by atoms with Crippen molar-refractivity contribution in [2.24, 2.45) is 0 Å². The van der Waals surface area contributed by atoms with Gasteiger partial charge in [0.15, 0.2) is 0 Å². The summed E-state index contributed by atoms with van der Waals surface area (Å²) in [4.78, 5) is 2.65. The second-order valence-electron chi connectivity index (χ2n) is 3.75. The summed E-state index contributed by atoms with van der Waals surface area (Å²) >= 11 is 1.81. The van der Waals surface area contributed by atoms with E-state index in [4.69, 9.17) is 0 Å². The van der Waals surface area contributed by atoms with Gasteiger partial charge in [-0.15, -0.1) is 16.4 Å². The summed E-state index contributed by atoms with van der Waals surface area (Å²) in [5.41, 5.74) is 2.05. The fourth-order valence-corrected chi connectivity index (χ4v) is 2.62. The molecule has 4 heteroatoms. The predicted molar refractivity (Wildman–Crippen MR) is 65.7 cm³/mol. The van der Waals surface area contributed by atoms with E-state index in [-0.39, 0.29) is 0 Å². The molecule has 0 aliphatic heterocycles. The van der Waals surface area contributed by atoms with Crippen LogP contribution in [0.5, 0.6) is 0 Å². The summed E-state index contributed by atoms with van der Waals surface area (Å²) in [6.45, 7) is 2.92. The number of benzene rings is 1. The highest BCUT2D eigenvalue weighted by molar-refractivity contribution is 7.11. The Bertz CT molecular complexity index is 624. The third-order valence-corrected chi connectivity index (χ3v) is 3.51. The zero-order valence-corrected chi connectivity index (χ0v) is 9.74. The molecule has 16 heavy (non-hydrogen) atoms. The average Bonchev–Trinajstić information content (AvgIpc) is 2.87. The summed E-state index contributed by atoms with van der Waals surface area (Å²) in [5.74, 6) is 0. The predicted octanol–water partition coefficient (Wildman–Crippen LogP) is 2.85. The second-order valence-corrected chi connectivity index (χ2v) is 5.12. The number of para-hydroxylation sites is 1. The number of fused-ring (bicyclic) bond motifs is 1. The largest absolute Gasteiger partial charge is 0.239 e. The van der Waals surface area contributed by atoms with E-state index in [2.05, 4.69) is 35.4 Å². The Morgan fingerprint density at radius 1 is 1.19 bits per heavy atom. The third kappa shape index (κ3) is 1.61. The van der Waals surface area contributed by atoms with Crippen LogP contribution < -0.4 is 0 Å². The lowest BCUT2D eigenvalue weighted by atomic mass is 10.3. The van der Waals surface area contributed by atoms with E-state index in [9.17, 15) is 0 Å². The molecule has 0 saturated heterocycles. The Morgan fingerprint density at radius 2 is 2.06 bits per heavy atom. The van der Waals surface area contributed by atoms with E-state index in [1.54, 1.807) is 11.3 Å². The number of nitrogens with zero attached hydrogens (tertiary/aromatic N) is 3. The molecule has 0 atom stereocenters. The minimum absolute atomic E-state index is 0.805. The summed E-state index contributed by atoms with van der Waals surface area (Å²) in [5, 5.41) is 8.31. The Labute approximate surface area is 97.3 Å². The molecule has 0 radical (unpaired) electrons. The number of thiophene rings is 1. The second kappa shape index (κ2) is 3.72. The zero-order valence-electron chi connectivity index (χ0n) is 8.92. The van der Waals surface area contributed by atoms with Crippen molar-refractivity contribution in [2.75, 3.05) is 0 Å². The Morgan fingerprint density at radius 3 is 2.88 bits per heavy atom. The van der Waals surface area contributed by atoms with E-state index >= 15 is 0 Å². The number of rotatable bonds is 2. The van der Waals surface area contributed by atoms with Gasteiger partial charge in [-0.05, 0) is 31.2 Å². The van der Waals surface area contributed by atoms with Crippen LogP contribution in [0, 0.1) is 6.92 Å². The molecule has 1 aromatic carbocycles. The normalized spacial score (nSPS) is 11.1. The van der Waals surface area contributed by atoms with Crippen LogP contribution in [0.25, 0.3) is 11.0 Å². The lowest BCUT2D eigenvalue weighted by molar-refractivity contribution is 0.676. The third-order valence-electron chi connectivity index (χ3n) is 2.52. The number of hydrogen-bond donors (Lipinski definition) is 0. The van der Waals surface area contributed by atoms with Crippen molar-refractivity contribution in [3.8, 4) is 0 Å². The number of aromatic nitrogens is 3. The molecular weight excluding hydrogens is 218 g/mol. The van der Waals surface area contributed by atoms with Gasteiger partial charge in [0.1, 0.15) is 5.52 Å². The summed E-state index contributed by atoms with van der Waals surface area (Å²) in [6, 6.07) is 12.3. The van der Waals surface area contributed by atoms with Gasteiger partial charge in [0.2, 0.25) is 0 Å². The highest BCUT2D eigenvalue weighted by Crippen LogP contribution is 2.18. The van der Waals surface area contributed by atoms with Crippen molar-refractivity contribution >= 4 is 22.4 Å². The molecule has 80 valence electrons. The first-order valence-electron chi connectivity index (χ1n) is 5.16. The minimum Gasteiger partial charge on any atom is -0.239 e. The topological polar surface area (TPSA) is 30.7 Å². The van der Waals surface area contributed by atoms with Gasteiger partial charge in [-0.3, -0.25) is 0 Å². The summed E-state index contributed by atoms with van der Waals surface area (Å²) in [7, 11) is 0. The maximum Gasteiger partial charge on any atom is 0.113 e. The van der Waals surface area contributed by atoms with Crippen LogP contribution in [-0.2, 0) is 6.54 Å². The van der Waals surface area contributed by atoms with E-state index < -0.39 is 0 Å². The molecule has 0 saturated carbocycles. The molecule has 0 fully saturated rings. The molecule has 3 nitrogen and oxygen atoms in total. The van der Waals surface area contributed by atoms with Gasteiger partial charge in [-0.2, -0.15) is 0 Å². The van der Waals surface area contributed by atoms with Crippen molar-refractivity contribution < 1.29 is 0 Å². The SMILES string of the molecule is Cc1ccc(Cn2nnc3ccccc32)s1. The minimum atomic E-state index is 0.805. The van der Waals surface area contributed by atoms with Gasteiger partial charge in [-0.1, -0.05) is 17.3 Å². The highest BCUT2D eigenvalue weighted by Gasteiger charge is 2.04. The zero-order chi connectivity index (χ0) is 11.0. The van der Waals surface area contributed by atoms with Crippen LogP contribution in [0.4, 0.5) is 0 Å². The lowest BCUT2D eigenvalue weighted by Gasteiger charge is -1.98.